The first kappa shape index (κ1) is 11.3. The lowest BCUT2D eigenvalue weighted by Gasteiger charge is -2.26. The third-order valence-corrected chi connectivity index (χ3v) is 5.50. The average molecular weight is 337 g/mol. The van der Waals surface area contributed by atoms with Crippen LogP contribution >= 0.6 is 22.6 Å². The fraction of sp³-hybridized carbons (Fsp3) is 0.500. The van der Waals surface area contributed by atoms with Crippen LogP contribution in [0.5, 0.6) is 0 Å². The number of nitrogens with zero attached hydrogens (tertiary/aromatic N) is 1. The second-order valence-corrected chi connectivity index (χ2v) is 7.00. The molecule has 1 aromatic heterocycles. The summed E-state index contributed by atoms with van der Waals surface area (Å²) >= 11 is 2.12. The summed E-state index contributed by atoms with van der Waals surface area (Å²) in [4.78, 5) is 4.40. The molecule has 0 aliphatic heterocycles. The van der Waals surface area contributed by atoms with E-state index >= 15 is 0 Å². The minimum Gasteiger partial charge on any atom is -0.263 e. The van der Waals surface area contributed by atoms with Crippen molar-refractivity contribution in [1.82, 2.24) is 4.98 Å². The van der Waals surface area contributed by atoms with Gasteiger partial charge in [-0.1, -0.05) is 6.42 Å². The van der Waals surface area contributed by atoms with Gasteiger partial charge in [0.05, 0.1) is 4.90 Å². The van der Waals surface area contributed by atoms with Crippen molar-refractivity contribution < 1.29 is 8.42 Å². The van der Waals surface area contributed by atoms with Gasteiger partial charge in [-0.05, 0) is 46.9 Å². The van der Waals surface area contributed by atoms with Crippen LogP contribution in [-0.2, 0) is 9.84 Å². The molecule has 0 spiro atoms. The van der Waals surface area contributed by atoms with Crippen molar-refractivity contribution >= 4 is 32.4 Å². The first-order valence-electron chi connectivity index (χ1n) is 4.83. The molecule has 0 unspecified atom stereocenters. The summed E-state index contributed by atoms with van der Waals surface area (Å²) in [5.74, 6) is 0.520. The molecule has 15 heavy (non-hydrogen) atoms. The zero-order valence-corrected chi connectivity index (χ0v) is 11.4. The Balaban J connectivity index is 2.50. The Morgan fingerprint density at radius 2 is 2.07 bits per heavy atom. The molecule has 3 nitrogen and oxygen atoms in total. The quantitative estimate of drug-likeness (QED) is 0.779. The lowest BCUT2D eigenvalue weighted by molar-refractivity contribution is 0.416. The van der Waals surface area contributed by atoms with Gasteiger partial charge < -0.3 is 0 Å². The topological polar surface area (TPSA) is 47.0 Å². The molecule has 0 amide bonds. The van der Waals surface area contributed by atoms with Gasteiger partial charge in [0.2, 0.25) is 0 Å². The first-order chi connectivity index (χ1) is 7.00. The standard InChI is InChI=1S/C10H12INO2S/c1-15(13,14)9-6-12-5-8(10(9)11)7-3-2-4-7/h5-7H,2-4H2,1H3. The summed E-state index contributed by atoms with van der Waals surface area (Å²) in [6, 6.07) is 0. The van der Waals surface area contributed by atoms with Crippen molar-refractivity contribution in [3.8, 4) is 0 Å². The molecule has 1 aromatic rings. The van der Waals surface area contributed by atoms with Crippen molar-refractivity contribution in [2.75, 3.05) is 6.26 Å². The predicted molar refractivity (Wildman–Crippen MR) is 66.7 cm³/mol. The number of rotatable bonds is 2. The van der Waals surface area contributed by atoms with Gasteiger partial charge in [-0.25, -0.2) is 8.42 Å². The fourth-order valence-electron chi connectivity index (χ4n) is 1.70. The second kappa shape index (κ2) is 4.01. The third kappa shape index (κ3) is 2.18. The number of hydrogen-bond acceptors (Lipinski definition) is 3. The Hall–Kier alpha value is -0.170. The lowest BCUT2D eigenvalue weighted by atomic mass is 9.81. The Bertz CT molecular complexity index is 480. The Kier molecular flexibility index (Phi) is 3.03. The zero-order valence-electron chi connectivity index (χ0n) is 8.40. The molecular formula is C10H12INO2S. The number of halogens is 1. The second-order valence-electron chi connectivity index (χ2n) is 3.94. The van der Waals surface area contributed by atoms with Crippen molar-refractivity contribution in [3.05, 3.63) is 21.5 Å². The highest BCUT2D eigenvalue weighted by molar-refractivity contribution is 14.1. The van der Waals surface area contributed by atoms with Crippen LogP contribution in [0.1, 0.15) is 30.7 Å². The fourth-order valence-corrected chi connectivity index (χ4v) is 4.32. The van der Waals surface area contributed by atoms with Gasteiger partial charge in [-0.15, -0.1) is 0 Å². The molecule has 1 saturated carbocycles. The van der Waals surface area contributed by atoms with E-state index in [-0.39, 0.29) is 0 Å². The maximum absolute atomic E-state index is 11.5. The highest BCUT2D eigenvalue weighted by atomic mass is 127. The Labute approximate surface area is 103 Å². The molecule has 1 fully saturated rings. The molecule has 1 heterocycles. The average Bonchev–Trinajstić information content (AvgIpc) is 2.03. The normalized spacial score (nSPS) is 17.5. The first-order valence-corrected chi connectivity index (χ1v) is 7.80. The molecule has 0 bridgehead atoms. The van der Waals surface area contributed by atoms with Gasteiger partial charge in [-0.2, -0.15) is 0 Å². The summed E-state index contributed by atoms with van der Waals surface area (Å²) in [6.07, 6.45) is 8.04. The molecule has 0 atom stereocenters. The maximum atomic E-state index is 11.5. The van der Waals surface area contributed by atoms with Crippen LogP contribution in [0.25, 0.3) is 0 Å². The molecule has 0 saturated heterocycles. The van der Waals surface area contributed by atoms with Crippen LogP contribution in [0.3, 0.4) is 0 Å². The van der Waals surface area contributed by atoms with E-state index in [0.29, 0.717) is 10.8 Å². The zero-order chi connectivity index (χ0) is 11.1. The van der Waals surface area contributed by atoms with Gasteiger partial charge in [0, 0.05) is 22.2 Å². The van der Waals surface area contributed by atoms with Crippen LogP contribution in [-0.4, -0.2) is 19.7 Å². The molecule has 0 aromatic carbocycles. The number of pyridine rings is 1. The van der Waals surface area contributed by atoms with Crippen LogP contribution < -0.4 is 0 Å². The van der Waals surface area contributed by atoms with Crippen LogP contribution in [0.15, 0.2) is 17.3 Å². The monoisotopic (exact) mass is 337 g/mol. The van der Waals surface area contributed by atoms with Crippen molar-refractivity contribution in [2.45, 2.75) is 30.1 Å². The summed E-state index contributed by atoms with van der Waals surface area (Å²) in [7, 11) is -3.14. The molecule has 5 heteroatoms. The van der Waals surface area contributed by atoms with E-state index in [0.717, 1.165) is 22.0 Å². The smallest absolute Gasteiger partial charge is 0.178 e. The van der Waals surface area contributed by atoms with Crippen LogP contribution in [0, 0.1) is 3.57 Å². The van der Waals surface area contributed by atoms with Crippen molar-refractivity contribution in [1.29, 1.82) is 0 Å². The van der Waals surface area contributed by atoms with E-state index in [1.165, 1.54) is 18.9 Å². The van der Waals surface area contributed by atoms with Gasteiger partial charge in [0.1, 0.15) is 0 Å². The van der Waals surface area contributed by atoms with Crippen LogP contribution in [0.2, 0.25) is 0 Å². The molecule has 0 radical (unpaired) electrons. The van der Waals surface area contributed by atoms with Crippen molar-refractivity contribution in [2.24, 2.45) is 0 Å². The molecule has 2 rings (SSSR count). The highest BCUT2D eigenvalue weighted by Gasteiger charge is 2.25. The summed E-state index contributed by atoms with van der Waals surface area (Å²) in [5.41, 5.74) is 1.10. The summed E-state index contributed by atoms with van der Waals surface area (Å²) in [6.45, 7) is 0. The lowest BCUT2D eigenvalue weighted by Crippen LogP contribution is -2.13. The number of aromatic nitrogens is 1. The van der Waals surface area contributed by atoms with Gasteiger partial charge in [-0.3, -0.25) is 4.98 Å². The number of sulfone groups is 1. The number of hydrogen-bond donors (Lipinski definition) is 0. The van der Waals surface area contributed by atoms with E-state index < -0.39 is 9.84 Å². The van der Waals surface area contributed by atoms with E-state index in [4.69, 9.17) is 0 Å². The largest absolute Gasteiger partial charge is 0.263 e. The van der Waals surface area contributed by atoms with Gasteiger partial charge in [0.15, 0.2) is 9.84 Å². The molecule has 1 aliphatic rings. The summed E-state index contributed by atoms with van der Waals surface area (Å²) < 4.78 is 23.8. The molecule has 82 valence electrons. The van der Waals surface area contributed by atoms with Gasteiger partial charge in [0.25, 0.3) is 0 Å². The predicted octanol–water partition coefficient (Wildman–Crippen LogP) is 2.36. The van der Waals surface area contributed by atoms with E-state index in [2.05, 4.69) is 27.6 Å². The highest BCUT2D eigenvalue weighted by Crippen LogP contribution is 2.39. The third-order valence-electron chi connectivity index (χ3n) is 2.82. The van der Waals surface area contributed by atoms with Crippen LogP contribution in [0.4, 0.5) is 0 Å². The molecular weight excluding hydrogens is 325 g/mol. The molecule has 0 N–H and O–H groups in total. The van der Waals surface area contributed by atoms with Crippen molar-refractivity contribution in [3.63, 3.8) is 0 Å². The Morgan fingerprint density at radius 3 is 2.53 bits per heavy atom. The van der Waals surface area contributed by atoms with E-state index in [1.54, 1.807) is 6.20 Å². The minimum atomic E-state index is -3.14. The molecule has 1 aliphatic carbocycles. The van der Waals surface area contributed by atoms with Gasteiger partial charge >= 0.3 is 0 Å². The summed E-state index contributed by atoms with van der Waals surface area (Å²) in [5, 5.41) is 0. The maximum Gasteiger partial charge on any atom is 0.178 e. The Morgan fingerprint density at radius 1 is 1.40 bits per heavy atom. The minimum absolute atomic E-state index is 0.368. The van der Waals surface area contributed by atoms with E-state index in [1.807, 2.05) is 0 Å². The van der Waals surface area contributed by atoms with E-state index in [9.17, 15) is 8.42 Å². The SMILES string of the molecule is CS(=O)(=O)c1cncc(C2CCC2)c1I.